The van der Waals surface area contributed by atoms with Crippen molar-refractivity contribution in [2.75, 3.05) is 19.6 Å². The number of nitrogens with zero attached hydrogens (tertiary/aromatic N) is 1. The third-order valence-electron chi connectivity index (χ3n) is 4.90. The number of nitrogens with one attached hydrogen (secondary N) is 1. The molecule has 1 saturated heterocycles. The van der Waals surface area contributed by atoms with Crippen LogP contribution in [0.15, 0.2) is 24.3 Å². The highest BCUT2D eigenvalue weighted by Gasteiger charge is 2.32. The highest BCUT2D eigenvalue weighted by atomic mass is 35.5. The molecule has 0 amide bonds. The average Bonchev–Trinajstić information content (AvgIpc) is 2.44. The molecular weight excluding hydrogens is 268 g/mol. The van der Waals surface area contributed by atoms with E-state index in [0.29, 0.717) is 6.04 Å². The molecule has 2 nitrogen and oxygen atoms in total. The van der Waals surface area contributed by atoms with Crippen molar-refractivity contribution in [1.29, 1.82) is 0 Å². The molecule has 1 atom stereocenters. The van der Waals surface area contributed by atoms with E-state index in [1.54, 1.807) is 0 Å². The van der Waals surface area contributed by atoms with Crippen molar-refractivity contribution in [2.45, 2.75) is 50.6 Å². The van der Waals surface area contributed by atoms with Gasteiger partial charge in [0.2, 0.25) is 0 Å². The molecule has 1 aromatic rings. The molecule has 2 aliphatic rings. The standard InChI is InChI=1S/C17H25ClN2/c1-2-20-9-3-4-16(12-20)19-17-10-14(11-17)13-5-7-15(18)8-6-13/h5-8,14,16-17,19H,2-4,9-12H2,1H3. The minimum Gasteiger partial charge on any atom is -0.310 e. The van der Waals surface area contributed by atoms with E-state index in [9.17, 15) is 0 Å². The van der Waals surface area contributed by atoms with Gasteiger partial charge < -0.3 is 10.2 Å². The number of hydrogen-bond donors (Lipinski definition) is 1. The maximum atomic E-state index is 5.95. The predicted molar refractivity (Wildman–Crippen MR) is 85.5 cm³/mol. The first-order valence-corrected chi connectivity index (χ1v) is 8.36. The molecule has 110 valence electrons. The summed E-state index contributed by atoms with van der Waals surface area (Å²) in [6.07, 6.45) is 5.26. The van der Waals surface area contributed by atoms with Gasteiger partial charge in [-0.25, -0.2) is 0 Å². The molecule has 1 aliphatic heterocycles. The molecule has 0 aromatic heterocycles. The number of benzene rings is 1. The molecule has 1 N–H and O–H groups in total. The lowest BCUT2D eigenvalue weighted by Crippen LogP contribution is -2.52. The molecule has 0 spiro atoms. The summed E-state index contributed by atoms with van der Waals surface area (Å²) < 4.78 is 0. The molecular formula is C17H25ClN2. The summed E-state index contributed by atoms with van der Waals surface area (Å²) >= 11 is 5.95. The van der Waals surface area contributed by atoms with Crippen LogP contribution < -0.4 is 5.32 Å². The second-order valence-corrected chi connectivity index (χ2v) is 6.75. The first-order chi connectivity index (χ1) is 9.74. The van der Waals surface area contributed by atoms with Crippen molar-refractivity contribution in [3.63, 3.8) is 0 Å². The van der Waals surface area contributed by atoms with E-state index in [4.69, 9.17) is 11.6 Å². The summed E-state index contributed by atoms with van der Waals surface area (Å²) in [4.78, 5) is 2.57. The van der Waals surface area contributed by atoms with Gasteiger partial charge in [-0.3, -0.25) is 0 Å². The van der Waals surface area contributed by atoms with Crippen LogP contribution in [0.25, 0.3) is 0 Å². The molecule has 20 heavy (non-hydrogen) atoms. The fourth-order valence-electron chi connectivity index (χ4n) is 3.57. The molecule has 0 radical (unpaired) electrons. The Balaban J connectivity index is 1.45. The zero-order valence-corrected chi connectivity index (χ0v) is 13.1. The van der Waals surface area contributed by atoms with Gasteiger partial charge in [0.05, 0.1) is 0 Å². The van der Waals surface area contributed by atoms with Crippen molar-refractivity contribution in [3.8, 4) is 0 Å². The van der Waals surface area contributed by atoms with Gasteiger partial charge in [-0.15, -0.1) is 0 Å². The number of likely N-dealkylation sites (N-methyl/N-ethyl adjacent to an activating group) is 1. The van der Waals surface area contributed by atoms with E-state index < -0.39 is 0 Å². The Kier molecular flexibility index (Phi) is 4.65. The third-order valence-corrected chi connectivity index (χ3v) is 5.16. The topological polar surface area (TPSA) is 15.3 Å². The lowest BCUT2D eigenvalue weighted by atomic mass is 9.75. The molecule has 1 aromatic carbocycles. The van der Waals surface area contributed by atoms with Gasteiger partial charge in [0.15, 0.2) is 0 Å². The Morgan fingerprint density at radius 3 is 2.65 bits per heavy atom. The van der Waals surface area contributed by atoms with Crippen LogP contribution in [0.2, 0.25) is 5.02 Å². The smallest absolute Gasteiger partial charge is 0.0406 e. The Hall–Kier alpha value is -0.570. The van der Waals surface area contributed by atoms with Crippen LogP contribution in [0.1, 0.15) is 44.1 Å². The van der Waals surface area contributed by atoms with Crippen molar-refractivity contribution < 1.29 is 0 Å². The Morgan fingerprint density at radius 2 is 1.95 bits per heavy atom. The zero-order valence-electron chi connectivity index (χ0n) is 12.3. The van der Waals surface area contributed by atoms with Gasteiger partial charge in [-0.1, -0.05) is 30.7 Å². The van der Waals surface area contributed by atoms with Crippen LogP contribution in [-0.2, 0) is 0 Å². The molecule has 1 saturated carbocycles. The SMILES string of the molecule is CCN1CCCC(NC2CC(c3ccc(Cl)cc3)C2)C1. The summed E-state index contributed by atoms with van der Waals surface area (Å²) in [5.41, 5.74) is 1.45. The molecule has 0 bridgehead atoms. The van der Waals surface area contributed by atoms with E-state index in [1.165, 1.54) is 50.9 Å². The lowest BCUT2D eigenvalue weighted by Gasteiger charge is -2.41. The van der Waals surface area contributed by atoms with E-state index in [0.717, 1.165) is 17.0 Å². The van der Waals surface area contributed by atoms with Crippen molar-refractivity contribution in [2.24, 2.45) is 0 Å². The Morgan fingerprint density at radius 1 is 1.20 bits per heavy atom. The minimum absolute atomic E-state index is 0.708. The zero-order chi connectivity index (χ0) is 13.9. The average molecular weight is 293 g/mol. The Labute approximate surface area is 127 Å². The van der Waals surface area contributed by atoms with Crippen LogP contribution in [0.4, 0.5) is 0 Å². The largest absolute Gasteiger partial charge is 0.310 e. The maximum Gasteiger partial charge on any atom is 0.0406 e. The van der Waals surface area contributed by atoms with Crippen LogP contribution in [0, 0.1) is 0 Å². The monoisotopic (exact) mass is 292 g/mol. The second-order valence-electron chi connectivity index (χ2n) is 6.32. The van der Waals surface area contributed by atoms with Gasteiger partial charge in [-0.2, -0.15) is 0 Å². The molecule has 1 unspecified atom stereocenters. The number of likely N-dealkylation sites (tertiary alicyclic amines) is 1. The van der Waals surface area contributed by atoms with Gasteiger partial charge in [-0.05, 0) is 62.4 Å². The van der Waals surface area contributed by atoms with Crippen LogP contribution in [0.3, 0.4) is 0 Å². The predicted octanol–water partition coefficient (Wildman–Crippen LogP) is 3.66. The normalized spacial score (nSPS) is 31.0. The second kappa shape index (κ2) is 6.46. The van der Waals surface area contributed by atoms with Gasteiger partial charge in [0, 0.05) is 23.7 Å². The first-order valence-electron chi connectivity index (χ1n) is 7.98. The molecule has 1 aliphatic carbocycles. The fraction of sp³-hybridized carbons (Fsp3) is 0.647. The number of halogens is 1. The summed E-state index contributed by atoms with van der Waals surface area (Å²) in [5, 5.41) is 4.70. The highest BCUT2D eigenvalue weighted by molar-refractivity contribution is 6.30. The molecule has 3 rings (SSSR count). The first kappa shape index (κ1) is 14.4. The van der Waals surface area contributed by atoms with Gasteiger partial charge in [0.1, 0.15) is 0 Å². The van der Waals surface area contributed by atoms with E-state index in [1.807, 2.05) is 12.1 Å². The van der Waals surface area contributed by atoms with Crippen LogP contribution >= 0.6 is 11.6 Å². The van der Waals surface area contributed by atoms with Gasteiger partial charge >= 0.3 is 0 Å². The lowest BCUT2D eigenvalue weighted by molar-refractivity contribution is 0.167. The summed E-state index contributed by atoms with van der Waals surface area (Å²) in [7, 11) is 0. The number of rotatable bonds is 4. The summed E-state index contributed by atoms with van der Waals surface area (Å²) in [6.45, 7) is 5.98. The number of piperidine rings is 1. The molecule has 1 heterocycles. The van der Waals surface area contributed by atoms with E-state index in [2.05, 4.69) is 29.3 Å². The van der Waals surface area contributed by atoms with Crippen molar-refractivity contribution >= 4 is 11.6 Å². The summed E-state index contributed by atoms with van der Waals surface area (Å²) in [6, 6.07) is 9.82. The number of hydrogen-bond acceptors (Lipinski definition) is 2. The summed E-state index contributed by atoms with van der Waals surface area (Å²) in [5.74, 6) is 0.732. The van der Waals surface area contributed by atoms with Crippen LogP contribution in [0.5, 0.6) is 0 Å². The quantitative estimate of drug-likeness (QED) is 0.911. The Bertz CT molecular complexity index is 425. The molecule has 2 fully saturated rings. The molecule has 3 heteroatoms. The van der Waals surface area contributed by atoms with Crippen LogP contribution in [-0.4, -0.2) is 36.6 Å². The maximum absolute atomic E-state index is 5.95. The van der Waals surface area contributed by atoms with E-state index >= 15 is 0 Å². The van der Waals surface area contributed by atoms with Gasteiger partial charge in [0.25, 0.3) is 0 Å². The minimum atomic E-state index is 0.708. The third kappa shape index (κ3) is 3.36. The van der Waals surface area contributed by atoms with E-state index in [-0.39, 0.29) is 0 Å². The van der Waals surface area contributed by atoms with Crippen molar-refractivity contribution in [3.05, 3.63) is 34.9 Å². The van der Waals surface area contributed by atoms with Crippen molar-refractivity contribution in [1.82, 2.24) is 10.2 Å². The highest BCUT2D eigenvalue weighted by Crippen LogP contribution is 2.37. The fourth-order valence-corrected chi connectivity index (χ4v) is 3.70.